The van der Waals surface area contributed by atoms with Gasteiger partial charge in [0, 0.05) is 19.6 Å². The maximum Gasteiger partial charge on any atom is 0.517 e. The maximum absolute atomic E-state index is 13.1. The van der Waals surface area contributed by atoms with Crippen molar-refractivity contribution in [1.82, 2.24) is 9.21 Å². The van der Waals surface area contributed by atoms with Gasteiger partial charge in [-0.1, -0.05) is 18.2 Å². The van der Waals surface area contributed by atoms with Crippen molar-refractivity contribution < 1.29 is 69.6 Å². The Labute approximate surface area is 197 Å². The van der Waals surface area contributed by atoms with E-state index in [4.69, 9.17) is 0 Å². The molecule has 0 bridgehead atoms. The summed E-state index contributed by atoms with van der Waals surface area (Å²) in [6.45, 7) is -2.82. The first-order valence-corrected chi connectivity index (χ1v) is 13.2. The Morgan fingerprint density at radius 2 is 1.22 bits per heavy atom. The third-order valence-electron chi connectivity index (χ3n) is 4.43. The highest BCUT2D eigenvalue weighted by atomic mass is 32.3. The van der Waals surface area contributed by atoms with Crippen molar-refractivity contribution in [1.29, 1.82) is 0 Å². The van der Waals surface area contributed by atoms with Crippen molar-refractivity contribution in [2.24, 2.45) is 0 Å². The summed E-state index contributed by atoms with van der Waals surface area (Å²) in [5.41, 5.74) is -21.9. The van der Waals surface area contributed by atoms with Crippen LogP contribution in [0.2, 0.25) is 0 Å². The van der Waals surface area contributed by atoms with Crippen LogP contribution in [0.25, 0.3) is 0 Å². The van der Waals surface area contributed by atoms with Crippen molar-refractivity contribution in [2.75, 3.05) is 16.8 Å². The number of nitrogens with zero attached hydrogens (tertiary/aromatic N) is 3. The minimum atomic E-state index is -7.30. The van der Waals surface area contributed by atoms with Crippen molar-refractivity contribution >= 4 is 41.8 Å². The summed E-state index contributed by atoms with van der Waals surface area (Å²) in [4.78, 5) is 12.6. The van der Waals surface area contributed by atoms with Gasteiger partial charge in [0.25, 0.3) is 0 Å². The number of urea groups is 1. The number of halogens is 9. The topological polar surface area (TPSA) is 129 Å². The summed E-state index contributed by atoms with van der Waals surface area (Å²) in [6.07, 6.45) is -0.478. The van der Waals surface area contributed by atoms with Gasteiger partial charge in [0.15, 0.2) is 0 Å². The van der Waals surface area contributed by atoms with Crippen LogP contribution in [0, 0.1) is 0 Å². The van der Waals surface area contributed by atoms with E-state index in [0.29, 0.717) is 12.1 Å². The third kappa shape index (κ3) is 5.14. The molecule has 1 aromatic rings. The highest BCUT2D eigenvalue weighted by molar-refractivity contribution is 8.11. The lowest BCUT2D eigenvalue weighted by Crippen LogP contribution is -2.54. The molecule has 1 saturated heterocycles. The van der Waals surface area contributed by atoms with Gasteiger partial charge in [-0.25, -0.2) is 9.10 Å². The van der Waals surface area contributed by atoms with Crippen molar-refractivity contribution in [3.63, 3.8) is 0 Å². The molecule has 1 fully saturated rings. The summed E-state index contributed by atoms with van der Waals surface area (Å²) in [5.74, 6) is 0. The van der Waals surface area contributed by atoms with E-state index in [1.54, 1.807) is 0 Å². The first-order chi connectivity index (χ1) is 16.0. The normalized spacial score (nSPS) is 16.9. The largest absolute Gasteiger partial charge is 0.517 e. The summed E-state index contributed by atoms with van der Waals surface area (Å²) >= 11 is 0. The van der Waals surface area contributed by atoms with E-state index in [1.807, 2.05) is 0 Å². The van der Waals surface area contributed by atoms with Gasteiger partial charge in [-0.05, 0) is 18.1 Å². The number of carbonyl (C=O) groups is 1. The van der Waals surface area contributed by atoms with Crippen molar-refractivity contribution in [3.05, 3.63) is 29.8 Å². The molecule has 1 heterocycles. The first-order valence-electron chi connectivity index (χ1n) is 8.87. The second-order valence-corrected chi connectivity index (χ2v) is 12.4. The molecule has 22 heteroatoms. The molecule has 0 radical (unpaired) electrons. The van der Waals surface area contributed by atoms with Gasteiger partial charge in [0.05, 0.1) is 5.69 Å². The molecule has 2 rings (SSSR count). The molecule has 0 atom stereocenters. The van der Waals surface area contributed by atoms with Crippen LogP contribution < -0.4 is 3.71 Å². The van der Waals surface area contributed by atoms with Gasteiger partial charge in [-0.15, -0.1) is 3.71 Å². The zero-order valence-electron chi connectivity index (χ0n) is 17.0. The van der Waals surface area contributed by atoms with Crippen molar-refractivity contribution in [2.45, 2.75) is 29.5 Å². The molecule has 2 amide bonds. The van der Waals surface area contributed by atoms with E-state index in [2.05, 4.69) is 0 Å². The fraction of sp³-hybridized carbons (Fsp3) is 0.500. The molecule has 0 saturated carbocycles. The van der Waals surface area contributed by atoms with Gasteiger partial charge < -0.3 is 4.90 Å². The predicted molar refractivity (Wildman–Crippen MR) is 101 cm³/mol. The van der Waals surface area contributed by atoms with E-state index in [0.717, 1.165) is 6.07 Å². The molecule has 206 valence electrons. The smallest absolute Gasteiger partial charge is 0.319 e. The average Bonchev–Trinajstić information content (AvgIpc) is 2.68. The summed E-state index contributed by atoms with van der Waals surface area (Å²) in [6, 6.07) is 0.417. The van der Waals surface area contributed by atoms with Crippen LogP contribution in [-0.4, -0.2) is 70.1 Å². The molecule has 0 unspecified atom stereocenters. The summed E-state index contributed by atoms with van der Waals surface area (Å²) < 4.78 is 185. The van der Waals surface area contributed by atoms with Gasteiger partial charge >= 0.3 is 52.6 Å². The molecular weight excluding hydrogens is 589 g/mol. The van der Waals surface area contributed by atoms with Crippen LogP contribution in [0.3, 0.4) is 0 Å². The number of hydrogen-bond acceptors (Lipinski definition) is 7. The lowest BCUT2D eigenvalue weighted by molar-refractivity contribution is -0.0488. The quantitative estimate of drug-likeness (QED) is 0.459. The van der Waals surface area contributed by atoms with E-state index in [1.165, 1.54) is 0 Å². The standard InChI is InChI=1S/C14H12F9N3O7S3/c15-12(16,17)34(28,29)25-7-3-6-24(11(25)27)8-9-4-1-2-5-10(9)26(35(30,31)13(18,19)20)36(32,33)14(21,22)23/h1-2,4-5H,3,6-8H2. The van der Waals surface area contributed by atoms with Crippen LogP contribution in [0.4, 0.5) is 50.0 Å². The minimum Gasteiger partial charge on any atom is -0.319 e. The Kier molecular flexibility index (Phi) is 7.53. The van der Waals surface area contributed by atoms with Gasteiger partial charge in [0.2, 0.25) is 0 Å². The summed E-state index contributed by atoms with van der Waals surface area (Å²) in [5, 5.41) is 0. The number of rotatable bonds is 6. The maximum atomic E-state index is 13.1. The number of carbonyl (C=O) groups excluding carboxylic acids is 1. The SMILES string of the molecule is O=C1N(Cc2ccccc2N(S(=O)(=O)C(F)(F)F)S(=O)(=O)C(F)(F)F)CCCN1S(=O)(=O)C(F)(F)F. The van der Waals surface area contributed by atoms with Crippen LogP contribution in [0.1, 0.15) is 12.0 Å². The number of sulfonamides is 3. The molecule has 1 aliphatic rings. The molecule has 0 aromatic heterocycles. The Balaban J connectivity index is 2.66. The predicted octanol–water partition coefficient (Wildman–Crippen LogP) is 2.67. The number of para-hydroxylation sites is 1. The molecular formula is C14H12F9N3O7S3. The van der Waals surface area contributed by atoms with E-state index in [-0.39, 0.29) is 11.0 Å². The van der Waals surface area contributed by atoms with Gasteiger partial charge in [-0.3, -0.25) is 0 Å². The highest BCUT2D eigenvalue weighted by Gasteiger charge is 2.62. The van der Waals surface area contributed by atoms with Gasteiger partial charge in [-0.2, -0.15) is 64.8 Å². The number of benzene rings is 1. The molecule has 0 N–H and O–H groups in total. The number of hydrogen-bond donors (Lipinski definition) is 0. The first kappa shape index (κ1) is 29.7. The van der Waals surface area contributed by atoms with Crippen LogP contribution >= 0.6 is 0 Å². The molecule has 1 aromatic carbocycles. The zero-order chi connectivity index (χ0) is 28.1. The van der Waals surface area contributed by atoms with E-state index in [9.17, 15) is 69.6 Å². The molecule has 0 aliphatic carbocycles. The highest BCUT2D eigenvalue weighted by Crippen LogP contribution is 2.40. The third-order valence-corrected chi connectivity index (χ3v) is 9.54. The number of alkyl halides is 9. The molecule has 10 nitrogen and oxygen atoms in total. The van der Waals surface area contributed by atoms with E-state index >= 15 is 0 Å². The average molecular weight is 601 g/mol. The minimum absolute atomic E-state index is 0.209. The van der Waals surface area contributed by atoms with Gasteiger partial charge in [0.1, 0.15) is 0 Å². The zero-order valence-corrected chi connectivity index (χ0v) is 19.4. The Bertz CT molecular complexity index is 1290. The number of amides is 2. The summed E-state index contributed by atoms with van der Waals surface area (Å²) in [7, 11) is -20.8. The Hall–Kier alpha value is -2.49. The number of anilines is 1. The van der Waals surface area contributed by atoms with Crippen LogP contribution in [0.15, 0.2) is 24.3 Å². The fourth-order valence-electron chi connectivity index (χ4n) is 2.85. The second kappa shape index (κ2) is 9.11. The lowest BCUT2D eigenvalue weighted by atomic mass is 10.1. The van der Waals surface area contributed by atoms with E-state index < -0.39 is 97.9 Å². The van der Waals surface area contributed by atoms with Crippen LogP contribution in [-0.2, 0) is 36.6 Å². The Morgan fingerprint density at radius 1 is 0.750 bits per heavy atom. The Morgan fingerprint density at radius 3 is 1.67 bits per heavy atom. The fourth-order valence-corrected chi connectivity index (χ4v) is 6.58. The second-order valence-electron chi connectivity index (χ2n) is 6.81. The van der Waals surface area contributed by atoms with Crippen molar-refractivity contribution in [3.8, 4) is 0 Å². The lowest BCUT2D eigenvalue weighted by Gasteiger charge is -2.35. The monoisotopic (exact) mass is 601 g/mol. The molecule has 0 spiro atoms. The molecule has 1 aliphatic heterocycles. The van der Waals surface area contributed by atoms with Crippen LogP contribution in [0.5, 0.6) is 0 Å². The molecule has 36 heavy (non-hydrogen) atoms.